The van der Waals surface area contributed by atoms with Gasteiger partial charge in [-0.25, -0.2) is 9.97 Å². The van der Waals surface area contributed by atoms with Crippen molar-refractivity contribution in [1.29, 1.82) is 0 Å². The van der Waals surface area contributed by atoms with E-state index in [-0.39, 0.29) is 23.7 Å². The highest BCUT2D eigenvalue weighted by molar-refractivity contribution is 5.79. The fourth-order valence-corrected chi connectivity index (χ4v) is 3.64. The number of hydrogen-bond donors (Lipinski definition) is 0. The van der Waals surface area contributed by atoms with Crippen LogP contribution in [0, 0.1) is 11.8 Å². The molecule has 2 aliphatic heterocycles. The van der Waals surface area contributed by atoms with E-state index in [9.17, 15) is 9.59 Å². The molecule has 1 atom stereocenters. The minimum Gasteiger partial charge on any atom is -0.379 e. The van der Waals surface area contributed by atoms with Crippen LogP contribution in [0.15, 0.2) is 18.6 Å². The van der Waals surface area contributed by atoms with Crippen LogP contribution in [0.4, 0.5) is 0 Å². The molecule has 0 aromatic carbocycles. The summed E-state index contributed by atoms with van der Waals surface area (Å²) in [6, 6.07) is 1.91. The topological polar surface area (TPSA) is 75.6 Å². The lowest BCUT2D eigenvalue weighted by molar-refractivity contribution is -0.140. The van der Waals surface area contributed by atoms with E-state index in [1.807, 2.05) is 15.9 Å². The summed E-state index contributed by atoms with van der Waals surface area (Å²) >= 11 is 0. The summed E-state index contributed by atoms with van der Waals surface area (Å²) in [7, 11) is 0. The molecule has 0 radical (unpaired) electrons. The fourth-order valence-electron chi connectivity index (χ4n) is 3.64. The van der Waals surface area contributed by atoms with E-state index in [0.29, 0.717) is 39.4 Å². The van der Waals surface area contributed by atoms with Gasteiger partial charge in [-0.05, 0) is 25.3 Å². The summed E-state index contributed by atoms with van der Waals surface area (Å²) in [5.74, 6) is 0.576. The molecule has 0 saturated carbocycles. The number of carbonyl (C=O) groups excluding carboxylic acids is 2. The van der Waals surface area contributed by atoms with Gasteiger partial charge in [0.15, 0.2) is 0 Å². The van der Waals surface area contributed by atoms with Gasteiger partial charge in [0.05, 0.1) is 13.2 Å². The Hall–Kier alpha value is -2.02. The lowest BCUT2D eigenvalue weighted by atomic mass is 9.94. The van der Waals surface area contributed by atoms with Crippen LogP contribution in [0.1, 0.15) is 25.5 Å². The Kier molecular flexibility index (Phi) is 5.96. The third-order valence-corrected chi connectivity index (χ3v) is 5.08. The lowest BCUT2D eigenvalue weighted by Gasteiger charge is -2.34. The number of aromatic nitrogens is 2. The van der Waals surface area contributed by atoms with Crippen molar-refractivity contribution in [2.24, 2.45) is 11.8 Å². The van der Waals surface area contributed by atoms with Gasteiger partial charge in [0.25, 0.3) is 0 Å². The van der Waals surface area contributed by atoms with Crippen molar-refractivity contribution in [2.75, 3.05) is 39.4 Å². The molecule has 2 amide bonds. The number of likely N-dealkylation sites (tertiary alicyclic amines) is 1. The third kappa shape index (κ3) is 4.75. The lowest BCUT2D eigenvalue weighted by Crippen LogP contribution is -2.45. The fraction of sp³-hybridized carbons (Fsp3) is 0.667. The molecular weight excluding hydrogens is 320 g/mol. The Morgan fingerprint density at radius 3 is 2.72 bits per heavy atom. The largest absolute Gasteiger partial charge is 0.379 e. The van der Waals surface area contributed by atoms with E-state index in [1.54, 1.807) is 19.4 Å². The van der Waals surface area contributed by atoms with Crippen molar-refractivity contribution >= 4 is 11.8 Å². The first kappa shape index (κ1) is 17.8. The molecule has 7 heteroatoms. The number of piperidine rings is 1. The van der Waals surface area contributed by atoms with E-state index in [1.165, 1.54) is 0 Å². The van der Waals surface area contributed by atoms with E-state index >= 15 is 0 Å². The average molecular weight is 346 g/mol. The molecule has 2 fully saturated rings. The molecule has 0 spiro atoms. The van der Waals surface area contributed by atoms with Crippen LogP contribution < -0.4 is 0 Å². The van der Waals surface area contributed by atoms with Gasteiger partial charge in [-0.1, -0.05) is 0 Å². The first-order chi connectivity index (χ1) is 12.1. The highest BCUT2D eigenvalue weighted by Gasteiger charge is 2.31. The molecule has 3 heterocycles. The zero-order chi connectivity index (χ0) is 17.6. The third-order valence-electron chi connectivity index (χ3n) is 5.08. The van der Waals surface area contributed by atoms with Gasteiger partial charge >= 0.3 is 0 Å². The van der Waals surface area contributed by atoms with Crippen molar-refractivity contribution in [3.05, 3.63) is 24.3 Å². The van der Waals surface area contributed by atoms with Gasteiger partial charge in [0, 0.05) is 56.8 Å². The normalized spacial score (nSPS) is 22.5. The van der Waals surface area contributed by atoms with Gasteiger partial charge in [0.1, 0.15) is 6.33 Å². The predicted molar refractivity (Wildman–Crippen MR) is 91.6 cm³/mol. The number of ether oxygens (including phenoxy) is 1. The number of hydrogen-bond acceptors (Lipinski definition) is 5. The second-order valence-corrected chi connectivity index (χ2v) is 6.91. The molecular formula is C18H26N4O3. The smallest absolute Gasteiger partial charge is 0.225 e. The monoisotopic (exact) mass is 346 g/mol. The number of carbonyl (C=O) groups is 2. The van der Waals surface area contributed by atoms with E-state index in [2.05, 4.69) is 9.97 Å². The first-order valence-corrected chi connectivity index (χ1v) is 9.00. The number of rotatable bonds is 3. The molecule has 25 heavy (non-hydrogen) atoms. The molecule has 0 aliphatic carbocycles. The van der Waals surface area contributed by atoms with Gasteiger partial charge in [0.2, 0.25) is 11.8 Å². The summed E-state index contributed by atoms with van der Waals surface area (Å²) in [6.45, 7) is 5.53. The second kappa shape index (κ2) is 8.38. The molecule has 0 bridgehead atoms. The van der Waals surface area contributed by atoms with Gasteiger partial charge in [-0.15, -0.1) is 0 Å². The number of amides is 2. The van der Waals surface area contributed by atoms with E-state index < -0.39 is 0 Å². The van der Waals surface area contributed by atoms with Gasteiger partial charge in [-0.3, -0.25) is 9.59 Å². The highest BCUT2D eigenvalue weighted by Crippen LogP contribution is 2.22. The summed E-state index contributed by atoms with van der Waals surface area (Å²) in [6.07, 6.45) is 5.60. The molecule has 2 aliphatic rings. The maximum absolute atomic E-state index is 12.9. The van der Waals surface area contributed by atoms with Crippen molar-refractivity contribution in [2.45, 2.75) is 26.2 Å². The van der Waals surface area contributed by atoms with Crippen molar-refractivity contribution < 1.29 is 14.3 Å². The Bertz CT molecular complexity index is 587. The Morgan fingerprint density at radius 2 is 2.04 bits per heavy atom. The van der Waals surface area contributed by atoms with Gasteiger partial charge in [-0.2, -0.15) is 0 Å². The molecule has 0 N–H and O–H groups in total. The minimum atomic E-state index is 0.0217. The van der Waals surface area contributed by atoms with Crippen molar-refractivity contribution in [3.63, 3.8) is 0 Å². The molecule has 136 valence electrons. The van der Waals surface area contributed by atoms with Crippen molar-refractivity contribution in [3.8, 4) is 0 Å². The maximum Gasteiger partial charge on any atom is 0.225 e. The molecule has 3 rings (SSSR count). The average Bonchev–Trinajstić information content (AvgIpc) is 2.87. The summed E-state index contributed by atoms with van der Waals surface area (Å²) < 4.78 is 5.71. The highest BCUT2D eigenvalue weighted by atomic mass is 16.5. The maximum atomic E-state index is 12.9. The minimum absolute atomic E-state index is 0.0217. The van der Waals surface area contributed by atoms with Crippen LogP contribution in [0.25, 0.3) is 0 Å². The van der Waals surface area contributed by atoms with Gasteiger partial charge < -0.3 is 14.5 Å². The Balaban J connectivity index is 1.57. The quantitative estimate of drug-likeness (QED) is 0.807. The summed E-state index contributed by atoms with van der Waals surface area (Å²) in [4.78, 5) is 36.4. The summed E-state index contributed by atoms with van der Waals surface area (Å²) in [5, 5.41) is 0. The zero-order valence-corrected chi connectivity index (χ0v) is 14.8. The number of nitrogens with zero attached hydrogens (tertiary/aromatic N) is 4. The van der Waals surface area contributed by atoms with Crippen LogP contribution in [0.5, 0.6) is 0 Å². The molecule has 2 saturated heterocycles. The Morgan fingerprint density at radius 1 is 1.24 bits per heavy atom. The molecule has 0 unspecified atom stereocenters. The van der Waals surface area contributed by atoms with Crippen molar-refractivity contribution in [1.82, 2.24) is 19.8 Å². The second-order valence-electron chi connectivity index (χ2n) is 6.91. The van der Waals surface area contributed by atoms with Crippen LogP contribution in [-0.4, -0.2) is 71.0 Å². The van der Waals surface area contributed by atoms with Crippen LogP contribution >= 0.6 is 0 Å². The Labute approximate surface area is 148 Å². The molecule has 1 aromatic rings. The van der Waals surface area contributed by atoms with E-state index in [4.69, 9.17) is 4.74 Å². The van der Waals surface area contributed by atoms with Crippen LogP contribution in [0.2, 0.25) is 0 Å². The standard InChI is InChI=1S/C18H26N4O3/c1-14(23)21-6-3-16(4-7-21)18(24)22-8-9-25-12-15(11-22)10-17-2-5-19-13-20-17/h2,5,13,15-16H,3-4,6-12H2,1H3/t15-/m1/s1. The van der Waals surface area contributed by atoms with E-state index in [0.717, 1.165) is 25.0 Å². The van der Waals surface area contributed by atoms with Crippen LogP contribution in [0.3, 0.4) is 0 Å². The first-order valence-electron chi connectivity index (χ1n) is 9.00. The molecule has 7 nitrogen and oxygen atoms in total. The summed E-state index contributed by atoms with van der Waals surface area (Å²) in [5.41, 5.74) is 0.979. The SMILES string of the molecule is CC(=O)N1CCC(C(=O)N2CCOC[C@H](Cc3ccncn3)C2)CC1. The zero-order valence-electron chi connectivity index (χ0n) is 14.8. The van der Waals surface area contributed by atoms with Crippen LogP contribution in [-0.2, 0) is 20.7 Å². The predicted octanol–water partition coefficient (Wildman–Crippen LogP) is 0.753. The molecule has 1 aromatic heterocycles.